The smallest absolute Gasteiger partial charge is 0.326 e. The Bertz CT molecular complexity index is 1200. The van der Waals surface area contributed by atoms with Gasteiger partial charge in [-0.3, -0.25) is 4.98 Å². The normalized spacial score (nSPS) is 14.3. The van der Waals surface area contributed by atoms with Gasteiger partial charge in [0, 0.05) is 38.0 Å². The molecule has 3 aromatic rings. The number of pyridine rings is 1. The molecule has 1 aliphatic rings. The molecule has 9 nitrogen and oxygen atoms in total. The average molecular weight is 551 g/mol. The molecule has 0 saturated heterocycles. The molecule has 3 heterocycles. The van der Waals surface area contributed by atoms with Crippen molar-refractivity contribution in [2.75, 3.05) is 50.5 Å². The van der Waals surface area contributed by atoms with Crippen molar-refractivity contribution in [2.24, 2.45) is 0 Å². The van der Waals surface area contributed by atoms with Crippen LogP contribution in [-0.2, 0) is 22.4 Å². The van der Waals surface area contributed by atoms with E-state index in [2.05, 4.69) is 32.7 Å². The van der Waals surface area contributed by atoms with E-state index in [0.717, 1.165) is 55.7 Å². The van der Waals surface area contributed by atoms with Crippen LogP contribution >= 0.6 is 0 Å². The maximum Gasteiger partial charge on any atom is 0.326 e. The van der Waals surface area contributed by atoms with E-state index < -0.39 is 18.2 Å². The summed E-state index contributed by atoms with van der Waals surface area (Å²) in [6.45, 7) is 2.23. The maximum absolute atomic E-state index is 14.5. The van der Waals surface area contributed by atoms with Gasteiger partial charge in [0.2, 0.25) is 0 Å². The van der Waals surface area contributed by atoms with Crippen molar-refractivity contribution in [3.05, 3.63) is 66.1 Å². The van der Waals surface area contributed by atoms with Crippen molar-refractivity contribution in [2.45, 2.75) is 50.7 Å². The molecular weight excluding hydrogens is 511 g/mol. The summed E-state index contributed by atoms with van der Waals surface area (Å²) < 4.78 is 19.4. The lowest BCUT2D eigenvalue weighted by Crippen LogP contribution is -2.38. The second-order valence-corrected chi connectivity index (χ2v) is 10.1. The highest BCUT2D eigenvalue weighted by Gasteiger charge is 2.21. The SMILES string of the molecule is COCC(F)CN(CCCCc1ccc2c(n1)NCCC2)CCC(Nc1cnc(-c2ccccc2)cn1)C(=O)O. The van der Waals surface area contributed by atoms with Crippen LogP contribution in [0.25, 0.3) is 11.3 Å². The molecule has 0 radical (unpaired) electrons. The van der Waals surface area contributed by atoms with Crippen LogP contribution in [0.5, 0.6) is 0 Å². The zero-order chi connectivity index (χ0) is 28.2. The Morgan fingerprint density at radius 3 is 2.75 bits per heavy atom. The van der Waals surface area contributed by atoms with Crippen LogP contribution in [0.4, 0.5) is 16.0 Å². The third-order valence-corrected chi connectivity index (χ3v) is 6.99. The van der Waals surface area contributed by atoms with Crippen molar-refractivity contribution >= 4 is 17.6 Å². The first kappa shape index (κ1) is 29.4. The fraction of sp³-hybridized carbons (Fsp3) is 0.467. The highest BCUT2D eigenvalue weighted by atomic mass is 19.1. The number of aromatic nitrogens is 3. The standard InChI is InChI=1S/C30H39FN6O3/c1-40-21-24(31)20-37(16-6-5-11-25-13-12-23-10-7-15-32-29(23)35-25)17-14-26(30(38)39)36-28-19-33-27(18-34-28)22-8-3-2-4-9-22/h2-4,8-9,12-13,18-19,24,26H,5-7,10-11,14-17,20-21H2,1H3,(H,32,35)(H,34,36)(H,38,39). The van der Waals surface area contributed by atoms with Gasteiger partial charge in [-0.2, -0.15) is 0 Å². The Balaban J connectivity index is 1.29. The summed E-state index contributed by atoms with van der Waals surface area (Å²) in [6.07, 6.45) is 7.10. The second-order valence-electron chi connectivity index (χ2n) is 10.1. The summed E-state index contributed by atoms with van der Waals surface area (Å²) >= 11 is 0. The maximum atomic E-state index is 14.5. The number of ether oxygens (including phenoxy) is 1. The predicted octanol–water partition coefficient (Wildman–Crippen LogP) is 4.46. The molecule has 1 aromatic carbocycles. The molecule has 2 atom stereocenters. The van der Waals surface area contributed by atoms with E-state index in [4.69, 9.17) is 9.72 Å². The van der Waals surface area contributed by atoms with Gasteiger partial charge in [0.1, 0.15) is 23.8 Å². The van der Waals surface area contributed by atoms with E-state index in [1.165, 1.54) is 18.9 Å². The largest absolute Gasteiger partial charge is 0.480 e. The molecule has 4 rings (SSSR count). The van der Waals surface area contributed by atoms with Crippen LogP contribution in [0.15, 0.2) is 54.9 Å². The number of halogens is 1. The molecule has 3 N–H and O–H groups in total. The van der Waals surface area contributed by atoms with Crippen LogP contribution in [0.2, 0.25) is 0 Å². The number of aliphatic carboxylic acids is 1. The number of carboxylic acid groups (broad SMARTS) is 1. The zero-order valence-electron chi connectivity index (χ0n) is 23.1. The third kappa shape index (κ3) is 8.96. The molecule has 0 amide bonds. The van der Waals surface area contributed by atoms with Crippen molar-refractivity contribution in [3.63, 3.8) is 0 Å². The number of carboxylic acids is 1. The monoisotopic (exact) mass is 550 g/mol. The second kappa shape index (κ2) is 15.2. The molecule has 214 valence electrons. The number of nitrogens with zero attached hydrogens (tertiary/aromatic N) is 4. The number of unbranched alkanes of at least 4 members (excludes halogenated alkanes) is 1. The minimum Gasteiger partial charge on any atom is -0.480 e. The van der Waals surface area contributed by atoms with E-state index in [-0.39, 0.29) is 19.6 Å². The lowest BCUT2D eigenvalue weighted by atomic mass is 10.1. The molecule has 0 bridgehead atoms. The molecule has 10 heteroatoms. The van der Waals surface area contributed by atoms with Gasteiger partial charge in [-0.05, 0) is 56.7 Å². The van der Waals surface area contributed by atoms with Gasteiger partial charge in [0.25, 0.3) is 0 Å². The van der Waals surface area contributed by atoms with Gasteiger partial charge in [-0.1, -0.05) is 36.4 Å². The number of rotatable bonds is 16. The van der Waals surface area contributed by atoms with Crippen molar-refractivity contribution in [3.8, 4) is 11.3 Å². The van der Waals surface area contributed by atoms with Crippen molar-refractivity contribution < 1.29 is 19.0 Å². The first-order valence-electron chi connectivity index (χ1n) is 14.0. The molecule has 0 spiro atoms. The number of nitrogens with one attached hydrogen (secondary N) is 2. The molecule has 2 aromatic heterocycles. The van der Waals surface area contributed by atoms with E-state index in [0.29, 0.717) is 24.6 Å². The first-order chi connectivity index (χ1) is 19.5. The third-order valence-electron chi connectivity index (χ3n) is 6.99. The number of hydrogen-bond donors (Lipinski definition) is 3. The minimum atomic E-state index is -1.15. The number of benzene rings is 1. The number of hydrogen-bond acceptors (Lipinski definition) is 8. The van der Waals surface area contributed by atoms with Crippen LogP contribution in [0, 0.1) is 0 Å². The van der Waals surface area contributed by atoms with Gasteiger partial charge >= 0.3 is 5.97 Å². The van der Waals surface area contributed by atoms with Crippen LogP contribution in [0.1, 0.15) is 36.9 Å². The van der Waals surface area contributed by atoms with E-state index in [9.17, 15) is 14.3 Å². The number of methoxy groups -OCH3 is 1. The minimum absolute atomic E-state index is 0.00646. The molecular formula is C30H39FN6O3. The summed E-state index contributed by atoms with van der Waals surface area (Å²) in [5.41, 5.74) is 3.96. The number of aryl methyl sites for hydroxylation is 2. The molecule has 0 saturated carbocycles. The number of alkyl halides is 1. The van der Waals surface area contributed by atoms with Gasteiger partial charge in [0.15, 0.2) is 0 Å². The fourth-order valence-corrected chi connectivity index (χ4v) is 4.87. The van der Waals surface area contributed by atoms with Crippen LogP contribution in [-0.4, -0.2) is 83.0 Å². The van der Waals surface area contributed by atoms with Crippen LogP contribution in [0.3, 0.4) is 0 Å². The molecule has 0 aliphatic carbocycles. The molecule has 0 fully saturated rings. The highest BCUT2D eigenvalue weighted by Crippen LogP contribution is 2.21. The van der Waals surface area contributed by atoms with Gasteiger partial charge in [0.05, 0.1) is 24.7 Å². The Hall–Kier alpha value is -3.63. The van der Waals surface area contributed by atoms with Gasteiger partial charge < -0.3 is 25.4 Å². The van der Waals surface area contributed by atoms with E-state index in [1.54, 1.807) is 6.20 Å². The Kier molecular flexibility index (Phi) is 11.2. The predicted molar refractivity (Wildman–Crippen MR) is 154 cm³/mol. The molecule has 2 unspecified atom stereocenters. The van der Waals surface area contributed by atoms with Crippen molar-refractivity contribution in [1.29, 1.82) is 0 Å². The van der Waals surface area contributed by atoms with E-state index in [1.807, 2.05) is 35.2 Å². The highest BCUT2D eigenvalue weighted by molar-refractivity contribution is 5.76. The summed E-state index contributed by atoms with van der Waals surface area (Å²) in [4.78, 5) is 27.5. The van der Waals surface area contributed by atoms with E-state index >= 15 is 0 Å². The summed E-state index contributed by atoms with van der Waals surface area (Å²) in [6, 6.07) is 13.0. The average Bonchev–Trinajstić information content (AvgIpc) is 2.98. The van der Waals surface area contributed by atoms with Crippen LogP contribution < -0.4 is 10.6 Å². The van der Waals surface area contributed by atoms with Gasteiger partial charge in [-0.15, -0.1) is 0 Å². The molecule has 1 aliphatic heterocycles. The lowest BCUT2D eigenvalue weighted by Gasteiger charge is -2.26. The summed E-state index contributed by atoms with van der Waals surface area (Å²) in [5, 5.41) is 16.2. The zero-order valence-corrected chi connectivity index (χ0v) is 23.1. The molecule has 40 heavy (non-hydrogen) atoms. The number of carbonyl (C=O) groups is 1. The topological polar surface area (TPSA) is 113 Å². The summed E-state index contributed by atoms with van der Waals surface area (Å²) in [7, 11) is 1.48. The number of anilines is 2. The first-order valence-corrected chi connectivity index (χ1v) is 14.0. The van der Waals surface area contributed by atoms with Crippen molar-refractivity contribution in [1.82, 2.24) is 19.9 Å². The Morgan fingerprint density at radius 2 is 2.00 bits per heavy atom. The fourth-order valence-electron chi connectivity index (χ4n) is 4.87. The quantitative estimate of drug-likeness (QED) is 0.223. The number of fused-ring (bicyclic) bond motifs is 1. The van der Waals surface area contributed by atoms with Gasteiger partial charge in [-0.25, -0.2) is 19.2 Å². The summed E-state index contributed by atoms with van der Waals surface area (Å²) in [5.74, 6) is 0.389. The Labute approximate surface area is 235 Å². The lowest BCUT2D eigenvalue weighted by molar-refractivity contribution is -0.138. The Morgan fingerprint density at radius 1 is 1.15 bits per heavy atom.